The van der Waals surface area contributed by atoms with Gasteiger partial charge in [0, 0.05) is 0 Å². The van der Waals surface area contributed by atoms with Crippen LogP contribution in [-0.4, -0.2) is 35.2 Å². The Hall–Kier alpha value is -1.19. The van der Waals surface area contributed by atoms with Gasteiger partial charge in [-0.25, -0.2) is 0 Å². The standard InChI is InChI=1S/C8H8N4Se/c1-13-8-9-10-11-12(8)7-5-3-2-4-6-7/h2-6H,1H3. The van der Waals surface area contributed by atoms with E-state index in [1.54, 1.807) is 4.68 Å². The minimum atomic E-state index is 0.319. The third-order valence-corrected chi connectivity index (χ3v) is 2.92. The van der Waals surface area contributed by atoms with Gasteiger partial charge in [0.25, 0.3) is 0 Å². The maximum absolute atomic E-state index is 3.94. The number of rotatable bonds is 2. The van der Waals surface area contributed by atoms with Crippen LogP contribution < -0.4 is 4.72 Å². The van der Waals surface area contributed by atoms with Crippen LogP contribution in [0.25, 0.3) is 5.69 Å². The van der Waals surface area contributed by atoms with Gasteiger partial charge in [0.05, 0.1) is 0 Å². The molecule has 4 nitrogen and oxygen atoms in total. The molecule has 66 valence electrons. The number of aromatic nitrogens is 4. The van der Waals surface area contributed by atoms with Gasteiger partial charge in [-0.05, 0) is 0 Å². The van der Waals surface area contributed by atoms with Crippen molar-refractivity contribution in [2.45, 2.75) is 5.82 Å². The third kappa shape index (κ3) is 1.61. The molecule has 0 aliphatic carbocycles. The number of hydrogen-bond acceptors (Lipinski definition) is 3. The molecule has 0 N–H and O–H groups in total. The molecule has 1 aromatic heterocycles. The van der Waals surface area contributed by atoms with Gasteiger partial charge in [-0.1, -0.05) is 0 Å². The molecule has 0 unspecified atom stereocenters. The van der Waals surface area contributed by atoms with E-state index in [0.717, 1.165) is 10.4 Å². The second-order valence-electron chi connectivity index (χ2n) is 2.41. The zero-order chi connectivity index (χ0) is 9.10. The van der Waals surface area contributed by atoms with Gasteiger partial charge in [0.2, 0.25) is 0 Å². The van der Waals surface area contributed by atoms with Gasteiger partial charge in [0.15, 0.2) is 0 Å². The first-order valence-electron chi connectivity index (χ1n) is 3.79. The van der Waals surface area contributed by atoms with Crippen LogP contribution in [-0.2, 0) is 0 Å². The Bertz CT molecular complexity index is 384. The van der Waals surface area contributed by atoms with Gasteiger partial charge in [-0.2, -0.15) is 0 Å². The zero-order valence-corrected chi connectivity index (χ0v) is 8.80. The molecule has 1 aromatic carbocycles. The molecule has 1 heterocycles. The van der Waals surface area contributed by atoms with E-state index in [9.17, 15) is 0 Å². The predicted octanol–water partition coefficient (Wildman–Crippen LogP) is 0.0399. The summed E-state index contributed by atoms with van der Waals surface area (Å²) in [5.74, 6) is 2.10. The second kappa shape index (κ2) is 3.68. The Morgan fingerprint density at radius 1 is 1.23 bits per heavy atom. The molecule has 0 radical (unpaired) electrons. The summed E-state index contributed by atoms with van der Waals surface area (Å²) in [7, 11) is 0. The first-order chi connectivity index (χ1) is 6.42. The first kappa shape index (κ1) is 8.41. The van der Waals surface area contributed by atoms with Crippen molar-refractivity contribution in [2.75, 3.05) is 0 Å². The molecular weight excluding hydrogens is 231 g/mol. The maximum atomic E-state index is 3.94. The molecule has 0 saturated heterocycles. The Labute approximate surface area is 82.1 Å². The SMILES string of the molecule is C[Se]c1nnnn1-c1ccccc1. The summed E-state index contributed by atoms with van der Waals surface area (Å²) in [6, 6.07) is 9.91. The second-order valence-corrected chi connectivity index (χ2v) is 4.04. The number of nitrogens with zero attached hydrogens (tertiary/aromatic N) is 4. The van der Waals surface area contributed by atoms with Gasteiger partial charge in [0.1, 0.15) is 0 Å². The first-order valence-corrected chi connectivity index (χ1v) is 6.36. The van der Waals surface area contributed by atoms with Crippen LogP contribution in [0.2, 0.25) is 5.82 Å². The van der Waals surface area contributed by atoms with E-state index in [1.165, 1.54) is 0 Å². The van der Waals surface area contributed by atoms with Crippen molar-refractivity contribution in [3.05, 3.63) is 30.3 Å². The third-order valence-electron chi connectivity index (χ3n) is 1.62. The van der Waals surface area contributed by atoms with E-state index in [2.05, 4.69) is 21.3 Å². The zero-order valence-electron chi connectivity index (χ0n) is 7.08. The summed E-state index contributed by atoms with van der Waals surface area (Å²) in [6.07, 6.45) is 0. The summed E-state index contributed by atoms with van der Waals surface area (Å²) >= 11 is 0.319. The Morgan fingerprint density at radius 3 is 2.69 bits per heavy atom. The van der Waals surface area contributed by atoms with E-state index < -0.39 is 0 Å². The Kier molecular flexibility index (Phi) is 2.38. The van der Waals surface area contributed by atoms with E-state index in [-0.39, 0.29) is 0 Å². The molecule has 0 aliphatic rings. The van der Waals surface area contributed by atoms with Crippen LogP contribution in [0.5, 0.6) is 0 Å². The molecule has 0 amide bonds. The summed E-state index contributed by atoms with van der Waals surface area (Å²) < 4.78 is 2.72. The van der Waals surface area contributed by atoms with E-state index >= 15 is 0 Å². The fourth-order valence-corrected chi connectivity index (χ4v) is 1.95. The van der Waals surface area contributed by atoms with Crippen LogP contribution in [0.4, 0.5) is 0 Å². The van der Waals surface area contributed by atoms with Crippen molar-refractivity contribution >= 4 is 19.7 Å². The molecule has 0 aliphatic heterocycles. The van der Waals surface area contributed by atoms with Crippen molar-refractivity contribution < 1.29 is 0 Å². The summed E-state index contributed by atoms with van der Waals surface area (Å²) in [5, 5.41) is 11.5. The average Bonchev–Trinajstić information content (AvgIpc) is 2.67. The van der Waals surface area contributed by atoms with Crippen molar-refractivity contribution in [2.24, 2.45) is 0 Å². The molecule has 2 aromatic rings. The normalized spacial score (nSPS) is 10.2. The Morgan fingerprint density at radius 2 is 2.00 bits per heavy atom. The quantitative estimate of drug-likeness (QED) is 0.695. The van der Waals surface area contributed by atoms with Crippen molar-refractivity contribution in [1.29, 1.82) is 0 Å². The van der Waals surface area contributed by atoms with Crippen LogP contribution in [0, 0.1) is 0 Å². The van der Waals surface area contributed by atoms with E-state index in [4.69, 9.17) is 0 Å². The van der Waals surface area contributed by atoms with Crippen molar-refractivity contribution in [3.8, 4) is 5.69 Å². The van der Waals surface area contributed by atoms with Crippen molar-refractivity contribution in [3.63, 3.8) is 0 Å². The molecule has 0 bridgehead atoms. The number of para-hydroxylation sites is 1. The predicted molar refractivity (Wildman–Crippen MR) is 50.4 cm³/mol. The van der Waals surface area contributed by atoms with E-state index in [0.29, 0.717) is 15.0 Å². The molecular formula is C8H8N4Se. The number of hydrogen-bond donors (Lipinski definition) is 0. The summed E-state index contributed by atoms with van der Waals surface area (Å²) in [5.41, 5.74) is 1.02. The van der Waals surface area contributed by atoms with Crippen LogP contribution in [0.3, 0.4) is 0 Å². The average molecular weight is 239 g/mol. The molecule has 0 fully saturated rings. The molecule has 0 spiro atoms. The summed E-state index contributed by atoms with van der Waals surface area (Å²) in [4.78, 5) is 0. The van der Waals surface area contributed by atoms with Crippen molar-refractivity contribution in [1.82, 2.24) is 20.2 Å². The fraction of sp³-hybridized carbons (Fsp3) is 0.125. The topological polar surface area (TPSA) is 43.6 Å². The molecule has 0 saturated carbocycles. The molecule has 2 rings (SSSR count). The van der Waals surface area contributed by atoms with Crippen LogP contribution in [0.1, 0.15) is 0 Å². The van der Waals surface area contributed by atoms with Gasteiger partial charge in [-0.15, -0.1) is 0 Å². The Balaban J connectivity index is 2.47. The number of tetrazole rings is 1. The fourth-order valence-electron chi connectivity index (χ4n) is 1.04. The molecule has 5 heteroatoms. The van der Waals surface area contributed by atoms with Crippen LogP contribution >= 0.6 is 0 Å². The van der Waals surface area contributed by atoms with E-state index in [1.807, 2.05) is 30.3 Å². The number of benzene rings is 1. The summed E-state index contributed by atoms with van der Waals surface area (Å²) in [6.45, 7) is 0. The van der Waals surface area contributed by atoms with Gasteiger partial charge < -0.3 is 0 Å². The minimum absolute atomic E-state index is 0.319. The monoisotopic (exact) mass is 240 g/mol. The van der Waals surface area contributed by atoms with Gasteiger partial charge in [-0.3, -0.25) is 0 Å². The molecule has 13 heavy (non-hydrogen) atoms. The van der Waals surface area contributed by atoms with Crippen LogP contribution in [0.15, 0.2) is 30.3 Å². The van der Waals surface area contributed by atoms with Gasteiger partial charge >= 0.3 is 81.7 Å². The molecule has 0 atom stereocenters.